The molecular formula is C18H27N3O4S2. The third-order valence-electron chi connectivity index (χ3n) is 5.29. The summed E-state index contributed by atoms with van der Waals surface area (Å²) in [5.41, 5.74) is 0. The van der Waals surface area contributed by atoms with E-state index in [0.29, 0.717) is 17.2 Å². The van der Waals surface area contributed by atoms with Gasteiger partial charge >= 0.3 is 11.8 Å². The Morgan fingerprint density at radius 2 is 1.85 bits per heavy atom. The lowest BCUT2D eigenvalue weighted by Crippen LogP contribution is -2.47. The first-order valence-corrected chi connectivity index (χ1v) is 11.9. The Hall–Kier alpha value is -1.45. The van der Waals surface area contributed by atoms with Crippen LogP contribution in [0.3, 0.4) is 0 Å². The number of carbonyl (C=O) groups is 2. The van der Waals surface area contributed by atoms with E-state index in [-0.39, 0.29) is 18.6 Å². The molecule has 2 N–H and O–H groups in total. The van der Waals surface area contributed by atoms with Crippen molar-refractivity contribution >= 4 is 33.2 Å². The minimum atomic E-state index is -3.49. The molecule has 2 aliphatic rings. The number of amides is 2. The molecule has 0 radical (unpaired) electrons. The fourth-order valence-electron chi connectivity index (χ4n) is 3.86. The van der Waals surface area contributed by atoms with Crippen LogP contribution in [-0.2, 0) is 19.6 Å². The number of sulfonamides is 1. The summed E-state index contributed by atoms with van der Waals surface area (Å²) in [7, 11) is -3.49. The van der Waals surface area contributed by atoms with Gasteiger partial charge in [-0.05, 0) is 43.6 Å². The number of piperidine rings is 1. The van der Waals surface area contributed by atoms with E-state index >= 15 is 0 Å². The van der Waals surface area contributed by atoms with Crippen molar-refractivity contribution < 1.29 is 18.0 Å². The highest BCUT2D eigenvalue weighted by Crippen LogP contribution is 2.29. The Morgan fingerprint density at radius 3 is 2.56 bits per heavy atom. The SMILES string of the molecule is O=C(NCC[C@H]1CCCCN1S(=O)(=O)c1cccs1)C(=O)NC1CCCC1. The number of nitrogens with zero attached hydrogens (tertiary/aromatic N) is 1. The molecule has 1 aliphatic heterocycles. The highest BCUT2D eigenvalue weighted by molar-refractivity contribution is 7.91. The molecule has 1 saturated heterocycles. The second-order valence-corrected chi connectivity index (χ2v) is 10.3. The van der Waals surface area contributed by atoms with Gasteiger partial charge in [-0.3, -0.25) is 9.59 Å². The fourth-order valence-corrected chi connectivity index (χ4v) is 6.70. The van der Waals surface area contributed by atoms with Gasteiger partial charge in [0.15, 0.2) is 0 Å². The van der Waals surface area contributed by atoms with Crippen molar-refractivity contribution in [3.05, 3.63) is 17.5 Å². The minimum absolute atomic E-state index is 0.105. The van der Waals surface area contributed by atoms with Crippen molar-refractivity contribution in [2.45, 2.75) is 67.7 Å². The van der Waals surface area contributed by atoms with Crippen LogP contribution in [0.4, 0.5) is 0 Å². The van der Waals surface area contributed by atoms with Gasteiger partial charge in [0.25, 0.3) is 10.0 Å². The maximum Gasteiger partial charge on any atom is 0.309 e. The molecule has 9 heteroatoms. The molecule has 1 aromatic heterocycles. The van der Waals surface area contributed by atoms with E-state index in [0.717, 1.165) is 44.9 Å². The Labute approximate surface area is 164 Å². The third-order valence-corrected chi connectivity index (χ3v) is 8.62. The highest BCUT2D eigenvalue weighted by atomic mass is 32.2. The van der Waals surface area contributed by atoms with Crippen LogP contribution in [0.25, 0.3) is 0 Å². The van der Waals surface area contributed by atoms with E-state index in [9.17, 15) is 18.0 Å². The van der Waals surface area contributed by atoms with Crippen LogP contribution >= 0.6 is 11.3 Å². The molecule has 2 heterocycles. The summed E-state index contributed by atoms with van der Waals surface area (Å²) in [6.07, 6.45) is 7.12. The molecule has 1 aliphatic carbocycles. The van der Waals surface area contributed by atoms with Gasteiger partial charge < -0.3 is 10.6 Å². The quantitative estimate of drug-likeness (QED) is 0.696. The van der Waals surface area contributed by atoms with E-state index in [1.807, 2.05) is 0 Å². The van der Waals surface area contributed by atoms with Gasteiger partial charge in [0.2, 0.25) is 0 Å². The Balaban J connectivity index is 1.51. The maximum absolute atomic E-state index is 12.8. The molecule has 27 heavy (non-hydrogen) atoms. The van der Waals surface area contributed by atoms with E-state index in [1.165, 1.54) is 11.3 Å². The number of carbonyl (C=O) groups excluding carboxylic acids is 2. The normalized spacial score (nSPS) is 21.9. The third kappa shape index (κ3) is 5.08. The molecule has 1 atom stereocenters. The largest absolute Gasteiger partial charge is 0.348 e. The summed E-state index contributed by atoms with van der Waals surface area (Å²) in [4.78, 5) is 23.9. The number of hydrogen-bond acceptors (Lipinski definition) is 5. The lowest BCUT2D eigenvalue weighted by Gasteiger charge is -2.34. The van der Waals surface area contributed by atoms with Gasteiger partial charge in [0.1, 0.15) is 4.21 Å². The lowest BCUT2D eigenvalue weighted by atomic mass is 10.0. The summed E-state index contributed by atoms with van der Waals surface area (Å²) >= 11 is 1.22. The minimum Gasteiger partial charge on any atom is -0.348 e. The molecule has 150 valence electrons. The average Bonchev–Trinajstić information content (AvgIpc) is 3.36. The van der Waals surface area contributed by atoms with Gasteiger partial charge in [0, 0.05) is 25.2 Å². The first-order valence-electron chi connectivity index (χ1n) is 9.62. The van der Waals surface area contributed by atoms with Gasteiger partial charge in [-0.1, -0.05) is 25.3 Å². The molecule has 0 bridgehead atoms. The molecule has 3 rings (SSSR count). The zero-order valence-corrected chi connectivity index (χ0v) is 17.0. The average molecular weight is 414 g/mol. The van der Waals surface area contributed by atoms with Crippen molar-refractivity contribution in [2.24, 2.45) is 0 Å². The Kier molecular flexibility index (Phi) is 6.88. The van der Waals surface area contributed by atoms with E-state index in [4.69, 9.17) is 0 Å². The summed E-state index contributed by atoms with van der Waals surface area (Å²) in [6, 6.07) is 3.32. The standard InChI is InChI=1S/C18H27N3O4S2/c22-17(18(23)20-14-6-1-2-7-14)19-11-10-15-8-3-4-12-21(15)27(24,25)16-9-5-13-26-16/h5,9,13-15H,1-4,6-8,10-12H2,(H,19,22)(H,20,23)/t15-/m1/s1. The van der Waals surface area contributed by atoms with Crippen LogP contribution in [0, 0.1) is 0 Å². The van der Waals surface area contributed by atoms with E-state index in [1.54, 1.807) is 21.8 Å². The van der Waals surface area contributed by atoms with E-state index < -0.39 is 21.8 Å². The van der Waals surface area contributed by atoms with Crippen molar-refractivity contribution in [1.29, 1.82) is 0 Å². The molecule has 1 saturated carbocycles. The second kappa shape index (κ2) is 9.16. The molecular weight excluding hydrogens is 386 g/mol. The summed E-state index contributed by atoms with van der Waals surface area (Å²) in [5, 5.41) is 7.16. The topological polar surface area (TPSA) is 95.6 Å². The Morgan fingerprint density at radius 1 is 1.11 bits per heavy atom. The lowest BCUT2D eigenvalue weighted by molar-refractivity contribution is -0.139. The van der Waals surface area contributed by atoms with Crippen LogP contribution < -0.4 is 10.6 Å². The highest BCUT2D eigenvalue weighted by Gasteiger charge is 2.34. The second-order valence-electron chi connectivity index (χ2n) is 7.20. The molecule has 0 spiro atoms. The van der Waals surface area contributed by atoms with Crippen molar-refractivity contribution in [2.75, 3.05) is 13.1 Å². The smallest absolute Gasteiger partial charge is 0.309 e. The van der Waals surface area contributed by atoms with Gasteiger partial charge in [-0.25, -0.2) is 8.42 Å². The van der Waals surface area contributed by atoms with Crippen molar-refractivity contribution in [3.8, 4) is 0 Å². The molecule has 2 amide bonds. The zero-order valence-electron chi connectivity index (χ0n) is 15.4. The number of nitrogens with one attached hydrogen (secondary N) is 2. The summed E-state index contributed by atoms with van der Waals surface area (Å²) < 4.78 is 27.6. The number of hydrogen-bond donors (Lipinski definition) is 2. The maximum atomic E-state index is 12.8. The molecule has 1 aromatic rings. The van der Waals surface area contributed by atoms with Crippen LogP contribution in [0.2, 0.25) is 0 Å². The molecule has 7 nitrogen and oxygen atoms in total. The fraction of sp³-hybridized carbons (Fsp3) is 0.667. The number of rotatable bonds is 6. The van der Waals surface area contributed by atoms with Crippen molar-refractivity contribution in [1.82, 2.24) is 14.9 Å². The van der Waals surface area contributed by atoms with Crippen LogP contribution in [-0.4, -0.2) is 49.7 Å². The summed E-state index contributed by atoms with van der Waals surface area (Å²) in [5.74, 6) is -1.22. The first kappa shape index (κ1) is 20.3. The number of thiophene rings is 1. The zero-order chi connectivity index (χ0) is 19.3. The monoisotopic (exact) mass is 413 g/mol. The molecule has 0 aromatic carbocycles. The predicted octanol–water partition coefficient (Wildman–Crippen LogP) is 1.86. The van der Waals surface area contributed by atoms with Crippen LogP contribution in [0.5, 0.6) is 0 Å². The first-order chi connectivity index (χ1) is 13.0. The van der Waals surface area contributed by atoms with Gasteiger partial charge in [-0.2, -0.15) is 4.31 Å². The van der Waals surface area contributed by atoms with Crippen molar-refractivity contribution in [3.63, 3.8) is 0 Å². The van der Waals surface area contributed by atoms with Crippen LogP contribution in [0.1, 0.15) is 51.4 Å². The van der Waals surface area contributed by atoms with Gasteiger partial charge in [-0.15, -0.1) is 11.3 Å². The van der Waals surface area contributed by atoms with Crippen LogP contribution in [0.15, 0.2) is 21.7 Å². The van der Waals surface area contributed by atoms with E-state index in [2.05, 4.69) is 10.6 Å². The Bertz CT molecular complexity index is 743. The predicted molar refractivity (Wildman–Crippen MR) is 104 cm³/mol. The molecule has 2 fully saturated rings. The van der Waals surface area contributed by atoms with Gasteiger partial charge in [0.05, 0.1) is 0 Å². The molecule has 0 unspecified atom stereocenters. The summed E-state index contributed by atoms with van der Waals surface area (Å²) in [6.45, 7) is 0.791.